The van der Waals surface area contributed by atoms with E-state index in [2.05, 4.69) is 10.2 Å². The van der Waals surface area contributed by atoms with Crippen molar-refractivity contribution >= 4 is 17.5 Å². The number of carbonyl (C=O) groups excluding carboxylic acids is 1. The summed E-state index contributed by atoms with van der Waals surface area (Å²) in [6.45, 7) is 1.73. The van der Waals surface area contributed by atoms with E-state index >= 15 is 0 Å². The van der Waals surface area contributed by atoms with Gasteiger partial charge < -0.3 is 10.2 Å². The van der Waals surface area contributed by atoms with Gasteiger partial charge in [0.2, 0.25) is 5.91 Å². The van der Waals surface area contributed by atoms with Gasteiger partial charge in [-0.1, -0.05) is 36.6 Å². The van der Waals surface area contributed by atoms with Gasteiger partial charge >= 0.3 is 0 Å². The van der Waals surface area contributed by atoms with Crippen LogP contribution in [0.25, 0.3) is 0 Å². The van der Waals surface area contributed by atoms with Gasteiger partial charge in [-0.25, -0.2) is 0 Å². The van der Waals surface area contributed by atoms with Crippen molar-refractivity contribution in [1.29, 1.82) is 0 Å². The zero-order chi connectivity index (χ0) is 15.6. The first-order chi connectivity index (χ1) is 10.7. The van der Waals surface area contributed by atoms with Crippen LogP contribution in [0.5, 0.6) is 0 Å². The third-order valence-electron chi connectivity index (χ3n) is 5.38. The molecular weight excluding hydrogens is 296 g/mol. The Bertz CT molecular complexity index is 522. The molecule has 3 rings (SSSR count). The van der Waals surface area contributed by atoms with E-state index in [0.29, 0.717) is 11.9 Å². The number of likely N-dealkylation sites (N-methyl/N-ethyl adjacent to an activating group) is 1. The summed E-state index contributed by atoms with van der Waals surface area (Å²) >= 11 is 6.03. The van der Waals surface area contributed by atoms with Crippen LogP contribution in [0, 0.1) is 0 Å². The topological polar surface area (TPSA) is 32.3 Å². The fourth-order valence-corrected chi connectivity index (χ4v) is 4.20. The molecule has 0 spiro atoms. The average molecular weight is 321 g/mol. The van der Waals surface area contributed by atoms with Gasteiger partial charge in [0.15, 0.2) is 0 Å². The standard InChI is InChI=1S/C18H25ClN2O/c1-20-16-5-4-12-21(13-16)17(22)18(10-2-3-11-18)14-6-8-15(19)9-7-14/h6-9,16,20H,2-5,10-13H2,1H3. The highest BCUT2D eigenvalue weighted by Crippen LogP contribution is 2.43. The molecule has 1 aromatic carbocycles. The van der Waals surface area contributed by atoms with Crippen molar-refractivity contribution in [2.75, 3.05) is 20.1 Å². The number of piperidine rings is 1. The molecule has 120 valence electrons. The number of nitrogens with zero attached hydrogens (tertiary/aromatic N) is 1. The van der Waals surface area contributed by atoms with Gasteiger partial charge in [0.1, 0.15) is 0 Å². The molecule has 0 radical (unpaired) electrons. The van der Waals surface area contributed by atoms with Crippen LogP contribution in [-0.2, 0) is 10.2 Å². The lowest BCUT2D eigenvalue weighted by Gasteiger charge is -2.39. The summed E-state index contributed by atoms with van der Waals surface area (Å²) in [6.07, 6.45) is 6.46. The molecule has 22 heavy (non-hydrogen) atoms. The van der Waals surface area contributed by atoms with Crippen molar-refractivity contribution in [2.45, 2.75) is 50.0 Å². The van der Waals surface area contributed by atoms with E-state index in [-0.39, 0.29) is 5.41 Å². The first-order valence-corrected chi connectivity index (χ1v) is 8.76. The summed E-state index contributed by atoms with van der Waals surface area (Å²) in [5.41, 5.74) is 0.825. The monoisotopic (exact) mass is 320 g/mol. The zero-order valence-corrected chi connectivity index (χ0v) is 14.0. The molecule has 1 saturated carbocycles. The maximum absolute atomic E-state index is 13.3. The highest BCUT2D eigenvalue weighted by Gasteiger charge is 2.45. The van der Waals surface area contributed by atoms with Crippen molar-refractivity contribution in [3.8, 4) is 0 Å². The fourth-order valence-electron chi connectivity index (χ4n) is 4.07. The molecule has 1 aromatic rings. The van der Waals surface area contributed by atoms with Crippen molar-refractivity contribution in [2.24, 2.45) is 0 Å². The number of halogens is 1. The minimum Gasteiger partial charge on any atom is -0.340 e. The SMILES string of the molecule is CNC1CCCN(C(=O)C2(c3ccc(Cl)cc3)CCCC2)C1. The lowest BCUT2D eigenvalue weighted by molar-refractivity contribution is -0.138. The van der Waals surface area contributed by atoms with Crippen LogP contribution in [0.4, 0.5) is 0 Å². The van der Waals surface area contributed by atoms with E-state index < -0.39 is 0 Å². The Morgan fingerprint density at radius 2 is 1.91 bits per heavy atom. The molecule has 2 aliphatic rings. The largest absolute Gasteiger partial charge is 0.340 e. The highest BCUT2D eigenvalue weighted by molar-refractivity contribution is 6.30. The third kappa shape index (κ3) is 2.89. The van der Waals surface area contributed by atoms with Gasteiger partial charge in [0.05, 0.1) is 5.41 Å². The average Bonchev–Trinajstić information content (AvgIpc) is 3.05. The van der Waals surface area contributed by atoms with Crippen molar-refractivity contribution < 1.29 is 4.79 Å². The van der Waals surface area contributed by atoms with Crippen molar-refractivity contribution in [3.63, 3.8) is 0 Å². The third-order valence-corrected chi connectivity index (χ3v) is 5.63. The molecule has 1 N–H and O–H groups in total. The second-order valence-electron chi connectivity index (χ2n) is 6.68. The van der Waals surface area contributed by atoms with E-state index in [1.54, 1.807) is 0 Å². The molecule has 1 amide bonds. The number of likely N-dealkylation sites (tertiary alicyclic amines) is 1. The molecule has 0 aromatic heterocycles. The van der Waals surface area contributed by atoms with Gasteiger partial charge in [-0.3, -0.25) is 4.79 Å². The van der Waals surface area contributed by atoms with Crippen LogP contribution in [0.2, 0.25) is 5.02 Å². The molecule has 0 bridgehead atoms. The maximum atomic E-state index is 13.3. The van der Waals surface area contributed by atoms with Crippen LogP contribution in [-0.4, -0.2) is 37.0 Å². The van der Waals surface area contributed by atoms with Crippen LogP contribution in [0.1, 0.15) is 44.1 Å². The van der Waals surface area contributed by atoms with Gasteiger partial charge in [-0.05, 0) is 50.4 Å². The number of rotatable bonds is 3. The number of nitrogens with one attached hydrogen (secondary N) is 1. The van der Waals surface area contributed by atoms with Gasteiger partial charge in [0, 0.05) is 24.2 Å². The minimum atomic E-state index is -0.319. The highest BCUT2D eigenvalue weighted by atomic mass is 35.5. The molecule has 1 atom stereocenters. The van der Waals surface area contributed by atoms with E-state index in [4.69, 9.17) is 11.6 Å². The number of hydrogen-bond acceptors (Lipinski definition) is 2. The van der Waals surface area contributed by atoms with Crippen LogP contribution < -0.4 is 5.32 Å². The lowest BCUT2D eigenvalue weighted by Crippen LogP contribution is -2.52. The Hall–Kier alpha value is -1.06. The first-order valence-electron chi connectivity index (χ1n) is 8.38. The molecule has 1 aliphatic heterocycles. The lowest BCUT2D eigenvalue weighted by atomic mass is 9.77. The Kier molecular flexibility index (Phi) is 4.74. The fraction of sp³-hybridized carbons (Fsp3) is 0.611. The van der Waals surface area contributed by atoms with Crippen LogP contribution >= 0.6 is 11.6 Å². The van der Waals surface area contributed by atoms with E-state index in [1.807, 2.05) is 31.3 Å². The smallest absolute Gasteiger partial charge is 0.233 e. The molecule has 4 heteroatoms. The maximum Gasteiger partial charge on any atom is 0.233 e. The first kappa shape index (κ1) is 15.8. The number of amides is 1. The Morgan fingerprint density at radius 3 is 2.55 bits per heavy atom. The Labute approximate surface area is 138 Å². The zero-order valence-electron chi connectivity index (χ0n) is 13.3. The van der Waals surface area contributed by atoms with E-state index in [0.717, 1.165) is 62.2 Å². The number of benzene rings is 1. The molecule has 1 unspecified atom stereocenters. The van der Waals surface area contributed by atoms with E-state index in [9.17, 15) is 4.79 Å². The molecule has 3 nitrogen and oxygen atoms in total. The van der Waals surface area contributed by atoms with Gasteiger partial charge in [0.25, 0.3) is 0 Å². The summed E-state index contributed by atoms with van der Waals surface area (Å²) in [6, 6.07) is 8.35. The van der Waals surface area contributed by atoms with E-state index in [1.165, 1.54) is 0 Å². The molecule has 2 fully saturated rings. The summed E-state index contributed by atoms with van der Waals surface area (Å²) in [5.74, 6) is 0.326. The molecule has 1 heterocycles. The molecular formula is C18H25ClN2O. The summed E-state index contributed by atoms with van der Waals surface area (Å²) < 4.78 is 0. The molecule has 1 saturated heterocycles. The normalized spacial score (nSPS) is 24.5. The second-order valence-corrected chi connectivity index (χ2v) is 7.11. The van der Waals surface area contributed by atoms with Crippen LogP contribution in [0.15, 0.2) is 24.3 Å². The summed E-state index contributed by atoms with van der Waals surface area (Å²) in [4.78, 5) is 15.4. The number of hydrogen-bond donors (Lipinski definition) is 1. The number of carbonyl (C=O) groups is 1. The predicted molar refractivity (Wildman–Crippen MR) is 90.3 cm³/mol. The van der Waals surface area contributed by atoms with Crippen molar-refractivity contribution in [3.05, 3.63) is 34.9 Å². The second kappa shape index (κ2) is 6.59. The quantitative estimate of drug-likeness (QED) is 0.926. The summed E-state index contributed by atoms with van der Waals surface area (Å²) in [7, 11) is 1.99. The van der Waals surface area contributed by atoms with Gasteiger partial charge in [-0.2, -0.15) is 0 Å². The summed E-state index contributed by atoms with van der Waals surface area (Å²) in [5, 5.41) is 4.06. The van der Waals surface area contributed by atoms with Crippen molar-refractivity contribution in [1.82, 2.24) is 10.2 Å². The predicted octanol–water partition coefficient (Wildman–Crippen LogP) is 3.36. The Morgan fingerprint density at radius 1 is 1.23 bits per heavy atom. The van der Waals surface area contributed by atoms with Crippen LogP contribution in [0.3, 0.4) is 0 Å². The van der Waals surface area contributed by atoms with Gasteiger partial charge in [-0.15, -0.1) is 0 Å². The minimum absolute atomic E-state index is 0.319. The Balaban J connectivity index is 1.87. The molecule has 1 aliphatic carbocycles.